The van der Waals surface area contributed by atoms with E-state index in [9.17, 15) is 0 Å². The van der Waals surface area contributed by atoms with E-state index in [1.807, 2.05) is 41.3 Å². The van der Waals surface area contributed by atoms with Gasteiger partial charge in [-0.05, 0) is 29.3 Å². The molecule has 8 heteroatoms. The summed E-state index contributed by atoms with van der Waals surface area (Å²) in [5.74, 6) is 1.22. The van der Waals surface area contributed by atoms with Gasteiger partial charge in [0.1, 0.15) is 5.84 Å². The highest BCUT2D eigenvalue weighted by Gasteiger charge is 2.28. The molecule has 4 nitrogen and oxygen atoms in total. The minimum absolute atomic E-state index is 0. The van der Waals surface area contributed by atoms with Crippen LogP contribution in [0.5, 0.6) is 0 Å². The minimum Gasteiger partial charge on any atom is -0.354 e. The largest absolute Gasteiger partial charge is 0.354 e. The van der Waals surface area contributed by atoms with Crippen LogP contribution < -0.4 is 0 Å². The Hall–Kier alpha value is -1.72. The number of aliphatic imine (C=N–C) groups is 1. The molecular weight excluding hydrogens is 450 g/mol. The molecule has 4 rings (SSSR count). The Morgan fingerprint density at radius 2 is 1.79 bits per heavy atom. The highest BCUT2D eigenvalue weighted by atomic mass is 35.5. The highest BCUT2D eigenvalue weighted by Crippen LogP contribution is 2.28. The monoisotopic (exact) mass is 470 g/mol. The van der Waals surface area contributed by atoms with Crippen LogP contribution >= 0.6 is 48.0 Å². The fourth-order valence-corrected chi connectivity index (χ4v) is 3.93. The average molecular weight is 472 g/mol. The molecule has 1 unspecified atom stereocenters. The highest BCUT2D eigenvalue weighted by molar-refractivity contribution is 6.35. The van der Waals surface area contributed by atoms with Crippen molar-refractivity contribution < 1.29 is 0 Å². The standard InChI is InChI=1S/C21H20Cl2N4.2ClH/c22-18-8-7-17(20(23)13-18)14-26-12-10-24-21(26)19(15-27-11-4-9-25-27)16-5-2-1-3-6-16;;/h1-9,11,13,19H,10,12,14-15H2;2*1H. The van der Waals surface area contributed by atoms with E-state index in [0.717, 1.165) is 37.6 Å². The molecule has 0 radical (unpaired) electrons. The topological polar surface area (TPSA) is 33.4 Å². The molecule has 3 aromatic rings. The summed E-state index contributed by atoms with van der Waals surface area (Å²) in [7, 11) is 0. The maximum atomic E-state index is 6.40. The molecule has 1 atom stereocenters. The van der Waals surface area contributed by atoms with Gasteiger partial charge in [0.05, 0.1) is 19.0 Å². The first-order chi connectivity index (χ1) is 13.2. The summed E-state index contributed by atoms with van der Waals surface area (Å²) in [6.07, 6.45) is 3.80. The van der Waals surface area contributed by atoms with Crippen molar-refractivity contribution in [3.63, 3.8) is 0 Å². The fraction of sp³-hybridized carbons (Fsp3) is 0.238. The molecule has 1 aromatic heterocycles. The van der Waals surface area contributed by atoms with Gasteiger partial charge in [0, 0.05) is 35.5 Å². The molecule has 0 saturated heterocycles. The number of rotatable bonds is 6. The second-order valence-electron chi connectivity index (χ2n) is 6.59. The molecule has 2 aromatic carbocycles. The van der Waals surface area contributed by atoms with E-state index >= 15 is 0 Å². The summed E-state index contributed by atoms with van der Waals surface area (Å²) in [5.41, 5.74) is 2.29. The number of halogens is 4. The number of hydrogen-bond acceptors (Lipinski definition) is 3. The lowest BCUT2D eigenvalue weighted by molar-refractivity contribution is 0.427. The SMILES string of the molecule is Cl.Cl.Clc1ccc(CN2CCN=C2C(Cn2cccn2)c2ccccc2)c(Cl)c1. The third kappa shape index (κ3) is 5.67. The number of benzene rings is 2. The van der Waals surface area contributed by atoms with Gasteiger partial charge in [-0.1, -0.05) is 59.6 Å². The van der Waals surface area contributed by atoms with Crippen LogP contribution in [0, 0.1) is 0 Å². The summed E-state index contributed by atoms with van der Waals surface area (Å²) in [6, 6.07) is 18.1. The second-order valence-corrected chi connectivity index (χ2v) is 7.43. The van der Waals surface area contributed by atoms with Crippen molar-refractivity contribution in [1.82, 2.24) is 14.7 Å². The molecule has 0 saturated carbocycles. The zero-order chi connectivity index (χ0) is 18.6. The van der Waals surface area contributed by atoms with Gasteiger partial charge in [-0.2, -0.15) is 5.10 Å². The van der Waals surface area contributed by atoms with Gasteiger partial charge >= 0.3 is 0 Å². The van der Waals surface area contributed by atoms with Gasteiger partial charge in [0.15, 0.2) is 0 Å². The van der Waals surface area contributed by atoms with E-state index in [-0.39, 0.29) is 30.7 Å². The molecule has 0 spiro atoms. The van der Waals surface area contributed by atoms with E-state index in [1.54, 1.807) is 6.07 Å². The number of aromatic nitrogens is 2. The predicted molar refractivity (Wildman–Crippen MR) is 125 cm³/mol. The third-order valence-corrected chi connectivity index (χ3v) is 5.37. The first-order valence-electron chi connectivity index (χ1n) is 8.96. The van der Waals surface area contributed by atoms with Crippen LogP contribution in [0.4, 0.5) is 0 Å². The normalized spacial score (nSPS) is 14.0. The number of amidine groups is 1. The lowest BCUT2D eigenvalue weighted by Crippen LogP contribution is -2.33. The summed E-state index contributed by atoms with van der Waals surface area (Å²) < 4.78 is 1.96. The lowest BCUT2D eigenvalue weighted by Gasteiger charge is -2.27. The van der Waals surface area contributed by atoms with E-state index in [1.165, 1.54) is 5.56 Å². The first kappa shape index (κ1) is 23.6. The summed E-state index contributed by atoms with van der Waals surface area (Å²) in [4.78, 5) is 7.17. The second kappa shape index (κ2) is 10.9. The number of hydrogen-bond donors (Lipinski definition) is 0. The van der Waals surface area contributed by atoms with Gasteiger partial charge in [-0.15, -0.1) is 24.8 Å². The molecule has 0 bridgehead atoms. The average Bonchev–Trinajstić information content (AvgIpc) is 3.35. The summed E-state index contributed by atoms with van der Waals surface area (Å²) in [6.45, 7) is 3.15. The maximum Gasteiger partial charge on any atom is 0.109 e. The van der Waals surface area contributed by atoms with Crippen molar-refractivity contribution in [3.05, 3.63) is 88.2 Å². The van der Waals surface area contributed by atoms with E-state index < -0.39 is 0 Å². The minimum atomic E-state index is 0. The zero-order valence-corrected chi connectivity index (χ0v) is 18.8. The fourth-order valence-electron chi connectivity index (χ4n) is 3.46. The van der Waals surface area contributed by atoms with Crippen LogP contribution in [0.2, 0.25) is 10.0 Å². The van der Waals surface area contributed by atoms with Crippen molar-refractivity contribution in [2.75, 3.05) is 13.1 Å². The summed E-state index contributed by atoms with van der Waals surface area (Å²) in [5, 5.41) is 5.74. The molecule has 29 heavy (non-hydrogen) atoms. The van der Waals surface area contributed by atoms with Gasteiger partial charge < -0.3 is 4.90 Å². The van der Waals surface area contributed by atoms with Gasteiger partial charge in [0.25, 0.3) is 0 Å². The smallest absolute Gasteiger partial charge is 0.109 e. The summed E-state index contributed by atoms with van der Waals surface area (Å²) >= 11 is 12.4. The quantitative estimate of drug-likeness (QED) is 0.459. The van der Waals surface area contributed by atoms with Crippen molar-refractivity contribution in [3.8, 4) is 0 Å². The van der Waals surface area contributed by atoms with Crippen LogP contribution in [0.1, 0.15) is 17.0 Å². The Balaban J connectivity index is 0.00000150. The van der Waals surface area contributed by atoms with Crippen molar-refractivity contribution in [2.45, 2.75) is 19.0 Å². The van der Waals surface area contributed by atoms with Crippen molar-refractivity contribution >= 4 is 53.9 Å². The molecule has 154 valence electrons. The Kier molecular flexibility index (Phi) is 8.84. The Morgan fingerprint density at radius 1 is 1.00 bits per heavy atom. The van der Waals surface area contributed by atoms with Gasteiger partial charge in [-0.25, -0.2) is 0 Å². The molecule has 1 aliphatic rings. The molecule has 1 aliphatic heterocycles. The Labute approximate surface area is 193 Å². The van der Waals surface area contributed by atoms with E-state index in [4.69, 9.17) is 28.2 Å². The van der Waals surface area contributed by atoms with Gasteiger partial charge in [0.2, 0.25) is 0 Å². The maximum absolute atomic E-state index is 6.40. The van der Waals surface area contributed by atoms with Crippen molar-refractivity contribution in [2.24, 2.45) is 4.99 Å². The predicted octanol–water partition coefficient (Wildman–Crippen LogP) is 5.73. The van der Waals surface area contributed by atoms with E-state index in [2.05, 4.69) is 34.3 Å². The first-order valence-corrected chi connectivity index (χ1v) is 9.72. The van der Waals surface area contributed by atoms with Crippen LogP contribution in [0.15, 0.2) is 72.0 Å². The van der Waals surface area contributed by atoms with Crippen LogP contribution in [0.25, 0.3) is 0 Å². The molecule has 2 heterocycles. The van der Waals surface area contributed by atoms with Crippen LogP contribution in [-0.4, -0.2) is 33.6 Å². The van der Waals surface area contributed by atoms with Gasteiger partial charge in [-0.3, -0.25) is 9.67 Å². The third-order valence-electron chi connectivity index (χ3n) is 4.79. The molecule has 0 N–H and O–H groups in total. The molecular formula is C21H22Cl4N4. The molecule has 0 aliphatic carbocycles. The molecule has 0 amide bonds. The van der Waals surface area contributed by atoms with Crippen molar-refractivity contribution in [1.29, 1.82) is 0 Å². The van der Waals surface area contributed by atoms with Crippen LogP contribution in [-0.2, 0) is 13.1 Å². The lowest BCUT2D eigenvalue weighted by atomic mass is 9.97. The van der Waals surface area contributed by atoms with Crippen LogP contribution in [0.3, 0.4) is 0 Å². The Bertz CT molecular complexity index is 929. The number of nitrogens with zero attached hydrogens (tertiary/aromatic N) is 4. The zero-order valence-electron chi connectivity index (χ0n) is 15.6. The van der Waals surface area contributed by atoms with E-state index in [0.29, 0.717) is 10.0 Å². The molecule has 0 fully saturated rings. The Morgan fingerprint density at radius 3 is 2.48 bits per heavy atom.